The van der Waals surface area contributed by atoms with Crippen LogP contribution in [0.4, 0.5) is 0 Å². The van der Waals surface area contributed by atoms with E-state index in [1.807, 2.05) is 6.07 Å². The highest BCUT2D eigenvalue weighted by Crippen LogP contribution is 2.52. The summed E-state index contributed by atoms with van der Waals surface area (Å²) in [5, 5.41) is 0. The van der Waals surface area contributed by atoms with E-state index < -0.39 is 0 Å². The first-order chi connectivity index (χ1) is 7.02. The number of rotatable bonds is 3. The highest BCUT2D eigenvalue weighted by atomic mass is 79.9. The quantitative estimate of drug-likeness (QED) is 0.889. The van der Waals surface area contributed by atoms with Crippen molar-refractivity contribution in [1.29, 1.82) is 0 Å². The third-order valence-corrected chi connectivity index (χ3v) is 3.76. The van der Waals surface area contributed by atoms with E-state index in [0.717, 1.165) is 16.8 Å². The van der Waals surface area contributed by atoms with E-state index in [2.05, 4.69) is 48.0 Å². The maximum absolute atomic E-state index is 6.41. The predicted molar refractivity (Wildman–Crippen MR) is 67.6 cm³/mol. The first-order valence-electron chi connectivity index (χ1n) is 5.57. The van der Waals surface area contributed by atoms with Crippen LogP contribution in [-0.4, -0.2) is 0 Å². The summed E-state index contributed by atoms with van der Waals surface area (Å²) in [6.07, 6.45) is 2.38. The minimum absolute atomic E-state index is 0.0476. The fraction of sp³-hybridized carbons (Fsp3) is 0.538. The molecule has 1 fully saturated rings. The van der Waals surface area contributed by atoms with Crippen molar-refractivity contribution in [2.75, 3.05) is 0 Å². The molecule has 2 rings (SSSR count). The van der Waals surface area contributed by atoms with Crippen molar-refractivity contribution in [3.63, 3.8) is 0 Å². The van der Waals surface area contributed by atoms with Gasteiger partial charge in [0.15, 0.2) is 0 Å². The molecule has 1 aliphatic carbocycles. The zero-order chi connectivity index (χ0) is 11.1. The molecule has 0 spiro atoms. The Morgan fingerprint density at radius 2 is 2.27 bits per heavy atom. The van der Waals surface area contributed by atoms with Crippen LogP contribution in [0.3, 0.4) is 0 Å². The van der Waals surface area contributed by atoms with E-state index in [-0.39, 0.29) is 5.54 Å². The molecule has 0 aromatic heterocycles. The van der Waals surface area contributed by atoms with E-state index in [9.17, 15) is 0 Å². The first kappa shape index (κ1) is 11.2. The lowest BCUT2D eigenvalue weighted by Gasteiger charge is -2.13. The smallest absolute Gasteiger partial charge is 0.0442 e. The molecule has 15 heavy (non-hydrogen) atoms. The van der Waals surface area contributed by atoms with Crippen LogP contribution >= 0.6 is 15.9 Å². The number of hydrogen-bond donors (Lipinski definition) is 1. The fourth-order valence-corrected chi connectivity index (χ4v) is 2.74. The summed E-state index contributed by atoms with van der Waals surface area (Å²) in [5.41, 5.74) is 7.64. The molecule has 2 unspecified atom stereocenters. The van der Waals surface area contributed by atoms with E-state index in [1.165, 1.54) is 12.0 Å². The Kier molecular flexibility index (Phi) is 2.91. The number of hydrogen-bond acceptors (Lipinski definition) is 1. The van der Waals surface area contributed by atoms with Crippen LogP contribution in [0.2, 0.25) is 0 Å². The zero-order valence-electron chi connectivity index (χ0n) is 9.33. The van der Waals surface area contributed by atoms with E-state index >= 15 is 0 Å². The second-order valence-corrected chi connectivity index (χ2v) is 6.00. The summed E-state index contributed by atoms with van der Waals surface area (Å²) in [6, 6.07) is 8.41. The second kappa shape index (κ2) is 3.91. The maximum Gasteiger partial charge on any atom is 0.0442 e. The van der Waals surface area contributed by atoms with Gasteiger partial charge in [-0.15, -0.1) is 0 Å². The van der Waals surface area contributed by atoms with Crippen molar-refractivity contribution < 1.29 is 0 Å². The molecule has 0 bridgehead atoms. The van der Waals surface area contributed by atoms with E-state index in [0.29, 0.717) is 5.92 Å². The molecule has 82 valence electrons. The summed E-state index contributed by atoms with van der Waals surface area (Å²) in [6.45, 7) is 4.53. The van der Waals surface area contributed by atoms with Gasteiger partial charge < -0.3 is 5.73 Å². The van der Waals surface area contributed by atoms with Crippen LogP contribution in [0, 0.1) is 11.8 Å². The average molecular weight is 268 g/mol. The lowest BCUT2D eigenvalue weighted by Crippen LogP contribution is -2.22. The van der Waals surface area contributed by atoms with Crippen LogP contribution in [-0.2, 0) is 5.54 Å². The van der Waals surface area contributed by atoms with Crippen LogP contribution in [0.25, 0.3) is 0 Å². The third-order valence-electron chi connectivity index (χ3n) is 3.27. The van der Waals surface area contributed by atoms with Crippen molar-refractivity contribution in [3.05, 3.63) is 34.3 Å². The summed E-state index contributed by atoms with van der Waals surface area (Å²) >= 11 is 3.50. The van der Waals surface area contributed by atoms with Gasteiger partial charge in [0, 0.05) is 10.0 Å². The number of benzene rings is 1. The molecule has 0 radical (unpaired) electrons. The molecule has 1 aliphatic rings. The molecule has 0 aliphatic heterocycles. The van der Waals surface area contributed by atoms with Crippen molar-refractivity contribution in [1.82, 2.24) is 0 Å². The Morgan fingerprint density at radius 3 is 2.87 bits per heavy atom. The third kappa shape index (κ3) is 2.26. The second-order valence-electron chi connectivity index (χ2n) is 5.08. The molecule has 1 saturated carbocycles. The summed E-state index contributed by atoms with van der Waals surface area (Å²) < 4.78 is 1.13. The Balaban J connectivity index is 2.13. The van der Waals surface area contributed by atoms with Crippen LogP contribution in [0.15, 0.2) is 28.7 Å². The zero-order valence-corrected chi connectivity index (χ0v) is 10.9. The van der Waals surface area contributed by atoms with Gasteiger partial charge in [0.1, 0.15) is 0 Å². The van der Waals surface area contributed by atoms with Gasteiger partial charge in [-0.1, -0.05) is 41.9 Å². The van der Waals surface area contributed by atoms with E-state index in [1.54, 1.807) is 0 Å². The monoisotopic (exact) mass is 267 g/mol. The summed E-state index contributed by atoms with van der Waals surface area (Å²) in [5.74, 6) is 1.42. The van der Waals surface area contributed by atoms with Gasteiger partial charge in [-0.2, -0.15) is 0 Å². The van der Waals surface area contributed by atoms with Gasteiger partial charge in [-0.05, 0) is 42.4 Å². The van der Waals surface area contributed by atoms with Crippen LogP contribution in [0.5, 0.6) is 0 Å². The molecule has 0 saturated heterocycles. The number of halogens is 1. The van der Waals surface area contributed by atoms with Gasteiger partial charge in [0.05, 0.1) is 0 Å². The van der Waals surface area contributed by atoms with E-state index in [4.69, 9.17) is 5.73 Å². The molecule has 0 amide bonds. The SMILES string of the molecule is CC(C)CC1CC1(N)c1cccc(Br)c1. The molecular weight excluding hydrogens is 250 g/mol. The predicted octanol–water partition coefficient (Wildman–Crippen LogP) is 3.67. The van der Waals surface area contributed by atoms with Gasteiger partial charge >= 0.3 is 0 Å². The molecule has 1 aromatic carbocycles. The minimum Gasteiger partial charge on any atom is -0.321 e. The van der Waals surface area contributed by atoms with Crippen LogP contribution in [0.1, 0.15) is 32.3 Å². The normalized spacial score (nSPS) is 29.5. The van der Waals surface area contributed by atoms with Gasteiger partial charge in [0.2, 0.25) is 0 Å². The fourth-order valence-electron chi connectivity index (χ4n) is 2.34. The summed E-state index contributed by atoms with van der Waals surface area (Å²) in [7, 11) is 0. The Hall–Kier alpha value is -0.340. The Bertz CT molecular complexity index is 361. The molecule has 2 atom stereocenters. The average Bonchev–Trinajstić information content (AvgIpc) is 2.77. The van der Waals surface area contributed by atoms with Crippen molar-refractivity contribution >= 4 is 15.9 Å². The standard InChI is InChI=1S/C13H18BrN/c1-9(2)6-11-8-13(11,15)10-4-3-5-12(14)7-10/h3-5,7,9,11H,6,8,15H2,1-2H3. The molecule has 0 heterocycles. The molecule has 1 aromatic rings. The molecule has 2 N–H and O–H groups in total. The largest absolute Gasteiger partial charge is 0.321 e. The van der Waals surface area contributed by atoms with Crippen molar-refractivity contribution in [2.24, 2.45) is 17.6 Å². The van der Waals surface area contributed by atoms with Crippen LogP contribution < -0.4 is 5.73 Å². The topological polar surface area (TPSA) is 26.0 Å². The van der Waals surface area contributed by atoms with Crippen molar-refractivity contribution in [3.8, 4) is 0 Å². The lowest BCUT2D eigenvalue weighted by molar-refractivity contribution is 0.491. The maximum atomic E-state index is 6.41. The summed E-state index contributed by atoms with van der Waals surface area (Å²) in [4.78, 5) is 0. The Labute approximate surface area is 100 Å². The van der Waals surface area contributed by atoms with Crippen molar-refractivity contribution in [2.45, 2.75) is 32.2 Å². The molecule has 2 heteroatoms. The van der Waals surface area contributed by atoms with Gasteiger partial charge in [0.25, 0.3) is 0 Å². The van der Waals surface area contributed by atoms with Gasteiger partial charge in [-0.25, -0.2) is 0 Å². The van der Waals surface area contributed by atoms with Gasteiger partial charge in [-0.3, -0.25) is 0 Å². The highest BCUT2D eigenvalue weighted by Gasteiger charge is 2.51. The minimum atomic E-state index is -0.0476. The number of nitrogens with two attached hydrogens (primary N) is 1. The molecular formula is C13H18BrN. The lowest BCUT2D eigenvalue weighted by atomic mass is 9.98. The molecule has 1 nitrogen and oxygen atoms in total. The first-order valence-corrected chi connectivity index (χ1v) is 6.36. The highest BCUT2D eigenvalue weighted by molar-refractivity contribution is 9.10. The Morgan fingerprint density at radius 1 is 1.53 bits per heavy atom.